The molecule has 1 saturated carbocycles. The largest absolute Gasteiger partial charge is 0.481 e. The first-order chi connectivity index (χ1) is 12.6. The van der Waals surface area contributed by atoms with Crippen molar-refractivity contribution in [3.05, 3.63) is 64.1 Å². The zero-order valence-corrected chi connectivity index (χ0v) is 16.7. The summed E-state index contributed by atoms with van der Waals surface area (Å²) >= 11 is 3.55. The zero-order valence-electron chi connectivity index (χ0n) is 15.1. The summed E-state index contributed by atoms with van der Waals surface area (Å²) in [6.45, 7) is 1.62. The second kappa shape index (κ2) is 7.05. The Bertz CT molecular complexity index is 822. The van der Waals surface area contributed by atoms with Crippen molar-refractivity contribution < 1.29 is 9.57 Å². The Morgan fingerprint density at radius 3 is 2.81 bits per heavy atom. The minimum Gasteiger partial charge on any atom is -0.481 e. The lowest BCUT2D eigenvalue weighted by molar-refractivity contribution is 0.129. The molecule has 1 heterocycles. The van der Waals surface area contributed by atoms with Gasteiger partial charge in [-0.1, -0.05) is 51.4 Å². The Hall–Kier alpha value is -1.85. The van der Waals surface area contributed by atoms with Gasteiger partial charge in [0.05, 0.1) is 11.6 Å². The maximum atomic E-state index is 6.48. The molecule has 0 N–H and O–H groups in total. The number of rotatable bonds is 6. The molecule has 4 rings (SSSR count). The number of fused-ring (bicyclic) bond motifs is 2. The van der Waals surface area contributed by atoms with Crippen molar-refractivity contribution >= 4 is 21.6 Å². The van der Waals surface area contributed by atoms with Gasteiger partial charge in [0.15, 0.2) is 0 Å². The fraction of sp³-hybridized carbons (Fsp3) is 0.381. The molecule has 0 spiro atoms. The first-order valence-electron chi connectivity index (χ1n) is 8.99. The molecule has 0 saturated heterocycles. The van der Waals surface area contributed by atoms with E-state index in [1.165, 1.54) is 5.56 Å². The van der Waals surface area contributed by atoms with Crippen LogP contribution in [0.3, 0.4) is 0 Å². The second-order valence-electron chi connectivity index (χ2n) is 7.22. The number of ether oxygens (including phenoxy) is 1. The molecule has 0 aromatic heterocycles. The predicted molar refractivity (Wildman–Crippen MR) is 107 cm³/mol. The lowest BCUT2D eigenvalue weighted by atomic mass is 9.96. The molecule has 1 aliphatic heterocycles. The monoisotopic (exact) mass is 414 g/mol. The van der Waals surface area contributed by atoms with E-state index in [0.29, 0.717) is 6.61 Å². The predicted octanol–water partition coefficient (Wildman–Crippen LogP) is 4.43. The number of hydrogen-bond acceptors (Lipinski definition) is 4. The molecule has 0 radical (unpaired) electrons. The molecule has 2 aliphatic rings. The van der Waals surface area contributed by atoms with Gasteiger partial charge in [0.25, 0.3) is 0 Å². The van der Waals surface area contributed by atoms with E-state index in [2.05, 4.69) is 70.4 Å². The van der Waals surface area contributed by atoms with Gasteiger partial charge in [-0.15, -0.1) is 0 Å². The van der Waals surface area contributed by atoms with Crippen molar-refractivity contribution in [1.82, 2.24) is 4.90 Å². The smallest absolute Gasteiger partial charge is 0.143 e. The maximum Gasteiger partial charge on any atom is 0.143 e. The molecule has 1 aliphatic carbocycles. The summed E-state index contributed by atoms with van der Waals surface area (Å²) in [4.78, 5) is 7.83. The summed E-state index contributed by atoms with van der Waals surface area (Å²) in [6.07, 6.45) is 1.89. The van der Waals surface area contributed by atoms with E-state index in [-0.39, 0.29) is 11.5 Å². The van der Waals surface area contributed by atoms with Crippen LogP contribution in [0.25, 0.3) is 0 Å². The van der Waals surface area contributed by atoms with Crippen molar-refractivity contribution in [2.75, 3.05) is 27.2 Å². The first-order valence-corrected chi connectivity index (χ1v) is 9.78. The van der Waals surface area contributed by atoms with Crippen molar-refractivity contribution in [2.45, 2.75) is 18.4 Å². The SMILES string of the molecule is CN(C)CCCON=C1c2ccc(Br)cc2OC2(c3ccccc3)CC12. The Morgan fingerprint density at radius 1 is 1.23 bits per heavy atom. The average molecular weight is 415 g/mol. The van der Waals surface area contributed by atoms with Gasteiger partial charge in [0.2, 0.25) is 0 Å². The second-order valence-corrected chi connectivity index (χ2v) is 8.14. The molecule has 2 atom stereocenters. The molecule has 5 heteroatoms. The average Bonchev–Trinajstić information content (AvgIpc) is 3.36. The summed E-state index contributed by atoms with van der Waals surface area (Å²) in [7, 11) is 4.13. The van der Waals surface area contributed by atoms with E-state index in [1.807, 2.05) is 18.2 Å². The van der Waals surface area contributed by atoms with Gasteiger partial charge < -0.3 is 14.5 Å². The van der Waals surface area contributed by atoms with E-state index >= 15 is 0 Å². The summed E-state index contributed by atoms with van der Waals surface area (Å²) in [6, 6.07) is 16.6. The fourth-order valence-electron chi connectivity index (χ4n) is 3.62. The zero-order chi connectivity index (χ0) is 18.1. The molecule has 0 bridgehead atoms. The highest BCUT2D eigenvalue weighted by atomic mass is 79.9. The topological polar surface area (TPSA) is 34.1 Å². The maximum absolute atomic E-state index is 6.48. The third-order valence-corrected chi connectivity index (χ3v) is 5.51. The lowest BCUT2D eigenvalue weighted by Crippen LogP contribution is -2.28. The third kappa shape index (κ3) is 3.26. The van der Waals surface area contributed by atoms with Gasteiger partial charge in [-0.05, 0) is 44.3 Å². The van der Waals surface area contributed by atoms with Gasteiger partial charge in [-0.25, -0.2) is 0 Å². The fourth-order valence-corrected chi connectivity index (χ4v) is 3.96. The van der Waals surface area contributed by atoms with E-state index in [4.69, 9.17) is 9.57 Å². The van der Waals surface area contributed by atoms with Crippen LogP contribution in [0.4, 0.5) is 0 Å². The van der Waals surface area contributed by atoms with Crippen molar-refractivity contribution in [3.63, 3.8) is 0 Å². The van der Waals surface area contributed by atoms with E-state index in [9.17, 15) is 0 Å². The number of benzene rings is 2. The number of hydrogen-bond donors (Lipinski definition) is 0. The standard InChI is InChI=1S/C21H23BrN2O2/c1-24(2)11-6-12-25-23-20-17-10-9-16(22)13-19(17)26-21(14-18(20)21)15-7-4-3-5-8-15/h3-5,7-10,13,18H,6,11-12,14H2,1-2H3. The van der Waals surface area contributed by atoms with Crippen LogP contribution in [0.5, 0.6) is 5.75 Å². The van der Waals surface area contributed by atoms with Crippen LogP contribution in [0, 0.1) is 5.92 Å². The quantitative estimate of drug-likeness (QED) is 0.517. The Morgan fingerprint density at radius 2 is 2.04 bits per heavy atom. The highest BCUT2D eigenvalue weighted by Gasteiger charge is 2.64. The van der Waals surface area contributed by atoms with Crippen molar-refractivity contribution in [2.24, 2.45) is 11.1 Å². The molecule has 1 fully saturated rings. The molecule has 2 aromatic rings. The van der Waals surface area contributed by atoms with Crippen molar-refractivity contribution in [1.29, 1.82) is 0 Å². The summed E-state index contributed by atoms with van der Waals surface area (Å²) in [5, 5.41) is 4.55. The van der Waals surface area contributed by atoms with Crippen LogP contribution in [-0.4, -0.2) is 37.9 Å². The first kappa shape index (κ1) is 17.6. The molecule has 2 unspecified atom stereocenters. The van der Waals surface area contributed by atoms with Gasteiger partial charge in [0.1, 0.15) is 18.0 Å². The Balaban J connectivity index is 1.61. The highest BCUT2D eigenvalue weighted by molar-refractivity contribution is 9.10. The number of oxime groups is 1. The van der Waals surface area contributed by atoms with Gasteiger partial charge in [-0.3, -0.25) is 0 Å². The van der Waals surface area contributed by atoms with Gasteiger partial charge in [0, 0.05) is 23.0 Å². The number of nitrogens with zero attached hydrogens (tertiary/aromatic N) is 2. The molecule has 26 heavy (non-hydrogen) atoms. The summed E-state index contributed by atoms with van der Waals surface area (Å²) < 4.78 is 7.48. The van der Waals surface area contributed by atoms with E-state index in [0.717, 1.165) is 40.9 Å². The van der Waals surface area contributed by atoms with Crippen LogP contribution < -0.4 is 4.74 Å². The van der Waals surface area contributed by atoms with Crippen LogP contribution in [0.15, 0.2) is 58.2 Å². The van der Waals surface area contributed by atoms with Crippen molar-refractivity contribution in [3.8, 4) is 5.75 Å². The molecular formula is C21H23BrN2O2. The minimum absolute atomic E-state index is 0.243. The molecule has 0 amide bonds. The van der Waals surface area contributed by atoms with Crippen LogP contribution in [0.2, 0.25) is 0 Å². The Labute approximate surface area is 162 Å². The van der Waals surface area contributed by atoms with Crippen LogP contribution >= 0.6 is 15.9 Å². The summed E-state index contributed by atoms with van der Waals surface area (Å²) in [5.74, 6) is 1.11. The lowest BCUT2D eigenvalue weighted by Gasteiger charge is -2.27. The summed E-state index contributed by atoms with van der Waals surface area (Å²) in [5.41, 5.74) is 2.94. The van der Waals surface area contributed by atoms with E-state index < -0.39 is 0 Å². The minimum atomic E-state index is -0.305. The molecule has 2 aromatic carbocycles. The van der Waals surface area contributed by atoms with Crippen LogP contribution in [-0.2, 0) is 10.4 Å². The molecule has 4 nitrogen and oxygen atoms in total. The molecular weight excluding hydrogens is 392 g/mol. The van der Waals surface area contributed by atoms with Gasteiger partial charge in [-0.2, -0.15) is 0 Å². The molecule has 136 valence electrons. The normalized spacial score (nSPS) is 24.8. The van der Waals surface area contributed by atoms with Crippen LogP contribution in [0.1, 0.15) is 24.0 Å². The third-order valence-electron chi connectivity index (χ3n) is 5.02. The Kier molecular flexibility index (Phi) is 4.76. The van der Waals surface area contributed by atoms with E-state index in [1.54, 1.807) is 0 Å². The number of halogens is 1. The van der Waals surface area contributed by atoms with Gasteiger partial charge >= 0.3 is 0 Å². The highest BCUT2D eigenvalue weighted by Crippen LogP contribution is 2.60.